The molecule has 0 bridgehead atoms. The number of aryl methyl sites for hydroxylation is 1. The van der Waals surface area contributed by atoms with Crippen molar-refractivity contribution in [3.8, 4) is 11.1 Å². The first-order chi connectivity index (χ1) is 18.0. The number of amides is 2. The number of rotatable bonds is 5. The number of halogens is 1. The molecule has 3 aromatic carbocycles. The van der Waals surface area contributed by atoms with E-state index < -0.39 is 0 Å². The Labute approximate surface area is 215 Å². The molecule has 1 atom stereocenters. The standard InChI is InChI=1S/C30H29FN4O2/c1-33-19-27(20-7-10-23(31)11-8-20)26-12-9-22(15-28(26)33)30(37)35-17-25(18-35)32-24-13-14-34(16-24)29(36)21-5-3-2-4-6-21/h2-12,15,19,24-25,32H,13-14,16-18H2,1H3. The Bertz CT molecular complexity index is 1460. The van der Waals surface area contributed by atoms with Crippen LogP contribution in [0.1, 0.15) is 27.1 Å². The third kappa shape index (κ3) is 4.51. The van der Waals surface area contributed by atoms with Gasteiger partial charge in [-0.1, -0.05) is 36.4 Å². The number of likely N-dealkylation sites (tertiary alicyclic amines) is 2. The van der Waals surface area contributed by atoms with Gasteiger partial charge in [0.2, 0.25) is 0 Å². The molecule has 37 heavy (non-hydrogen) atoms. The average Bonchev–Trinajstić information content (AvgIpc) is 3.50. The first kappa shape index (κ1) is 23.4. The van der Waals surface area contributed by atoms with Crippen molar-refractivity contribution in [2.24, 2.45) is 7.05 Å². The summed E-state index contributed by atoms with van der Waals surface area (Å²) in [6.07, 6.45) is 2.94. The fourth-order valence-corrected chi connectivity index (χ4v) is 5.49. The second-order valence-corrected chi connectivity index (χ2v) is 10.1. The molecule has 4 aromatic rings. The molecule has 2 fully saturated rings. The maximum Gasteiger partial charge on any atom is 0.254 e. The monoisotopic (exact) mass is 496 g/mol. The van der Waals surface area contributed by atoms with Crippen LogP contribution in [-0.2, 0) is 7.05 Å². The highest BCUT2D eigenvalue weighted by molar-refractivity contribution is 6.02. The number of fused-ring (bicyclic) bond motifs is 1. The zero-order valence-electron chi connectivity index (χ0n) is 20.7. The summed E-state index contributed by atoms with van der Waals surface area (Å²) in [6, 6.07) is 22.2. The molecule has 6 nitrogen and oxygen atoms in total. The van der Waals surface area contributed by atoms with Crippen molar-refractivity contribution in [3.63, 3.8) is 0 Å². The molecule has 1 N–H and O–H groups in total. The highest BCUT2D eigenvalue weighted by Gasteiger charge is 2.35. The van der Waals surface area contributed by atoms with Crippen molar-refractivity contribution in [2.75, 3.05) is 26.2 Å². The molecule has 6 rings (SSSR count). The Hall–Kier alpha value is -3.97. The van der Waals surface area contributed by atoms with Crippen LogP contribution in [0.15, 0.2) is 79.0 Å². The number of carbonyl (C=O) groups is 2. The first-order valence-corrected chi connectivity index (χ1v) is 12.7. The Morgan fingerprint density at radius 1 is 0.838 bits per heavy atom. The molecule has 1 aromatic heterocycles. The van der Waals surface area contributed by atoms with Crippen molar-refractivity contribution in [3.05, 3.63) is 95.9 Å². The summed E-state index contributed by atoms with van der Waals surface area (Å²) < 4.78 is 15.4. The van der Waals surface area contributed by atoms with Crippen LogP contribution in [0, 0.1) is 5.82 Å². The van der Waals surface area contributed by atoms with Crippen LogP contribution in [0.5, 0.6) is 0 Å². The van der Waals surface area contributed by atoms with E-state index in [1.54, 1.807) is 12.1 Å². The first-order valence-electron chi connectivity index (χ1n) is 12.7. The Morgan fingerprint density at radius 3 is 2.30 bits per heavy atom. The van der Waals surface area contributed by atoms with E-state index in [-0.39, 0.29) is 29.7 Å². The van der Waals surface area contributed by atoms with E-state index >= 15 is 0 Å². The highest BCUT2D eigenvalue weighted by atomic mass is 19.1. The number of nitrogens with zero attached hydrogens (tertiary/aromatic N) is 3. The summed E-state index contributed by atoms with van der Waals surface area (Å²) in [4.78, 5) is 29.6. The van der Waals surface area contributed by atoms with Gasteiger partial charge in [-0.15, -0.1) is 0 Å². The molecule has 2 amide bonds. The van der Waals surface area contributed by atoms with Crippen molar-refractivity contribution >= 4 is 22.7 Å². The van der Waals surface area contributed by atoms with Crippen LogP contribution < -0.4 is 5.32 Å². The van der Waals surface area contributed by atoms with Gasteiger partial charge in [0, 0.05) is 79.1 Å². The summed E-state index contributed by atoms with van der Waals surface area (Å²) in [5.74, 6) is -0.157. The average molecular weight is 497 g/mol. The van der Waals surface area contributed by atoms with E-state index in [9.17, 15) is 14.0 Å². The zero-order valence-corrected chi connectivity index (χ0v) is 20.7. The molecule has 3 heterocycles. The summed E-state index contributed by atoms with van der Waals surface area (Å²) in [5, 5.41) is 4.67. The van der Waals surface area contributed by atoms with Crippen molar-refractivity contribution < 1.29 is 14.0 Å². The quantitative estimate of drug-likeness (QED) is 0.448. The predicted molar refractivity (Wildman–Crippen MR) is 142 cm³/mol. The second-order valence-electron chi connectivity index (χ2n) is 10.1. The molecule has 7 heteroatoms. The molecule has 0 aliphatic carbocycles. The van der Waals surface area contributed by atoms with Crippen molar-refractivity contribution in [1.29, 1.82) is 0 Å². The smallest absolute Gasteiger partial charge is 0.254 e. The predicted octanol–water partition coefficient (Wildman–Crippen LogP) is 4.31. The SMILES string of the molecule is Cn1cc(-c2ccc(F)cc2)c2ccc(C(=O)N3CC(NC4CCN(C(=O)c5ccccc5)C4)C3)cc21. The summed E-state index contributed by atoms with van der Waals surface area (Å²) in [5.41, 5.74) is 4.32. The lowest BCUT2D eigenvalue weighted by Crippen LogP contribution is -2.62. The third-order valence-corrected chi connectivity index (χ3v) is 7.53. The van der Waals surface area contributed by atoms with E-state index in [0.29, 0.717) is 25.2 Å². The number of aromatic nitrogens is 1. The lowest BCUT2D eigenvalue weighted by Gasteiger charge is -2.41. The van der Waals surface area contributed by atoms with Crippen LogP contribution in [0.2, 0.25) is 0 Å². The Morgan fingerprint density at radius 2 is 1.54 bits per heavy atom. The number of carbonyl (C=O) groups excluding carboxylic acids is 2. The van der Waals surface area contributed by atoms with Gasteiger partial charge in [-0.3, -0.25) is 9.59 Å². The molecule has 2 aliphatic rings. The molecule has 188 valence electrons. The van der Waals surface area contributed by atoms with E-state index in [4.69, 9.17) is 0 Å². The highest BCUT2D eigenvalue weighted by Crippen LogP contribution is 2.31. The normalized spacial score (nSPS) is 17.8. The number of nitrogens with one attached hydrogen (secondary N) is 1. The van der Waals surface area contributed by atoms with Gasteiger partial charge in [-0.05, 0) is 48.4 Å². The minimum absolute atomic E-state index is 0.0248. The van der Waals surface area contributed by atoms with Gasteiger partial charge in [0.1, 0.15) is 5.82 Å². The molecule has 2 saturated heterocycles. The van der Waals surface area contributed by atoms with Gasteiger partial charge in [0.25, 0.3) is 11.8 Å². The van der Waals surface area contributed by atoms with Gasteiger partial charge < -0.3 is 19.7 Å². The van der Waals surface area contributed by atoms with Gasteiger partial charge in [-0.25, -0.2) is 4.39 Å². The summed E-state index contributed by atoms with van der Waals surface area (Å²) >= 11 is 0. The van der Waals surface area contributed by atoms with E-state index in [2.05, 4.69) is 5.32 Å². The molecule has 0 saturated carbocycles. The minimum Gasteiger partial charge on any atom is -0.350 e. The van der Waals surface area contributed by atoms with Gasteiger partial charge in [0.05, 0.1) is 0 Å². The molecule has 1 unspecified atom stereocenters. The summed E-state index contributed by atoms with van der Waals surface area (Å²) in [6.45, 7) is 2.76. The number of benzene rings is 3. The maximum atomic E-state index is 13.4. The molecule has 0 radical (unpaired) electrons. The molecule has 0 spiro atoms. The van der Waals surface area contributed by atoms with Crippen LogP contribution in [0.25, 0.3) is 22.0 Å². The largest absolute Gasteiger partial charge is 0.350 e. The van der Waals surface area contributed by atoms with Crippen molar-refractivity contribution in [2.45, 2.75) is 18.5 Å². The van der Waals surface area contributed by atoms with Crippen LogP contribution in [-0.4, -0.2) is 64.4 Å². The Kier molecular flexibility index (Phi) is 6.00. The lowest BCUT2D eigenvalue weighted by molar-refractivity contribution is 0.0553. The number of hydrogen-bond acceptors (Lipinski definition) is 3. The van der Waals surface area contributed by atoms with E-state index in [1.165, 1.54) is 12.1 Å². The topological polar surface area (TPSA) is 57.6 Å². The fraction of sp³-hybridized carbons (Fsp3) is 0.267. The lowest BCUT2D eigenvalue weighted by atomic mass is 10.0. The maximum absolute atomic E-state index is 13.4. The third-order valence-electron chi connectivity index (χ3n) is 7.53. The summed E-state index contributed by atoms with van der Waals surface area (Å²) in [7, 11) is 1.96. The van der Waals surface area contributed by atoms with Crippen molar-refractivity contribution in [1.82, 2.24) is 19.7 Å². The van der Waals surface area contributed by atoms with Crippen LogP contribution >= 0.6 is 0 Å². The molecule has 2 aliphatic heterocycles. The van der Waals surface area contributed by atoms with Gasteiger partial charge in [0.15, 0.2) is 0 Å². The van der Waals surface area contributed by atoms with E-state index in [0.717, 1.165) is 40.6 Å². The number of hydrogen-bond donors (Lipinski definition) is 1. The minimum atomic E-state index is -0.259. The second kappa shape index (κ2) is 9.48. The van der Waals surface area contributed by atoms with E-state index in [1.807, 2.05) is 76.1 Å². The van der Waals surface area contributed by atoms with Gasteiger partial charge >= 0.3 is 0 Å². The molecular formula is C30H29FN4O2. The zero-order chi connectivity index (χ0) is 25.5. The molecular weight excluding hydrogens is 467 g/mol. The van der Waals surface area contributed by atoms with Crippen LogP contribution in [0.4, 0.5) is 4.39 Å². The fourth-order valence-electron chi connectivity index (χ4n) is 5.49. The van der Waals surface area contributed by atoms with Crippen LogP contribution in [0.3, 0.4) is 0 Å². The van der Waals surface area contributed by atoms with Gasteiger partial charge in [-0.2, -0.15) is 0 Å². The Balaban J connectivity index is 1.06.